The van der Waals surface area contributed by atoms with Gasteiger partial charge in [-0.05, 0) is 30.5 Å². The van der Waals surface area contributed by atoms with Crippen LogP contribution in [0.3, 0.4) is 0 Å². The molecule has 0 bridgehead atoms. The molecule has 0 aliphatic carbocycles. The topological polar surface area (TPSA) is 70.1 Å². The largest absolute Gasteiger partial charge is 0.465 e. The minimum atomic E-state index is -0.413. The number of nitrogens with zero attached hydrogens (tertiary/aromatic N) is 2. The predicted molar refractivity (Wildman–Crippen MR) is 82.3 cm³/mol. The molecular weight excluding hydrogens is 266 g/mol. The minimum absolute atomic E-state index is 0.413. The van der Waals surface area contributed by atoms with Crippen LogP contribution in [0, 0.1) is 0 Å². The quantitative estimate of drug-likeness (QED) is 0.677. The maximum absolute atomic E-state index is 11.9. The van der Waals surface area contributed by atoms with E-state index in [1.807, 2.05) is 16.8 Å². The number of aromatic nitrogens is 2. The Kier molecular flexibility index (Phi) is 4.62. The van der Waals surface area contributed by atoms with Crippen LogP contribution < -0.4 is 5.73 Å². The minimum Gasteiger partial charge on any atom is -0.465 e. The Labute approximate surface area is 124 Å². The summed E-state index contributed by atoms with van der Waals surface area (Å²) in [5.74, 6) is -0.413. The lowest BCUT2D eigenvalue weighted by atomic mass is 10.1. The molecule has 0 aliphatic heterocycles. The average Bonchev–Trinajstić information content (AvgIpc) is 2.89. The van der Waals surface area contributed by atoms with E-state index < -0.39 is 5.97 Å². The molecule has 0 amide bonds. The number of aryl methyl sites for hydroxylation is 2. The van der Waals surface area contributed by atoms with Gasteiger partial charge in [0.2, 0.25) is 0 Å². The van der Waals surface area contributed by atoms with Crippen molar-refractivity contribution in [1.82, 2.24) is 9.78 Å². The molecule has 2 N–H and O–H groups in total. The van der Waals surface area contributed by atoms with E-state index in [0.29, 0.717) is 17.8 Å². The number of esters is 1. The molecule has 0 saturated heterocycles. The van der Waals surface area contributed by atoms with Crippen molar-refractivity contribution in [2.45, 2.75) is 33.2 Å². The fraction of sp³-hybridized carbons (Fsp3) is 0.375. The van der Waals surface area contributed by atoms with Crippen LogP contribution >= 0.6 is 0 Å². The van der Waals surface area contributed by atoms with Crippen LogP contribution in [-0.2, 0) is 24.1 Å². The van der Waals surface area contributed by atoms with Gasteiger partial charge in [0.05, 0.1) is 24.9 Å². The third-order valence-electron chi connectivity index (χ3n) is 3.53. The van der Waals surface area contributed by atoms with E-state index in [4.69, 9.17) is 10.5 Å². The molecule has 21 heavy (non-hydrogen) atoms. The second-order valence-corrected chi connectivity index (χ2v) is 4.86. The van der Waals surface area contributed by atoms with Gasteiger partial charge in [0.15, 0.2) is 0 Å². The SMILES string of the molecule is CCc1cc(CC)n(Cc2cccc(N)c2C(=O)OC)n1. The number of methoxy groups -OCH3 is 1. The molecule has 0 radical (unpaired) electrons. The van der Waals surface area contributed by atoms with Crippen LogP contribution in [0.5, 0.6) is 0 Å². The van der Waals surface area contributed by atoms with Gasteiger partial charge in [-0.1, -0.05) is 26.0 Å². The Balaban J connectivity index is 2.42. The highest BCUT2D eigenvalue weighted by Crippen LogP contribution is 2.20. The molecular formula is C16H21N3O2. The van der Waals surface area contributed by atoms with Crippen LogP contribution in [0.2, 0.25) is 0 Å². The maximum atomic E-state index is 11.9. The first kappa shape index (κ1) is 15.1. The Hall–Kier alpha value is -2.30. The van der Waals surface area contributed by atoms with Crippen LogP contribution in [0.1, 0.15) is 41.2 Å². The molecule has 0 saturated carbocycles. The van der Waals surface area contributed by atoms with Crippen molar-refractivity contribution in [1.29, 1.82) is 0 Å². The molecule has 5 nitrogen and oxygen atoms in total. The second kappa shape index (κ2) is 6.43. The van der Waals surface area contributed by atoms with Crippen LogP contribution in [0.25, 0.3) is 0 Å². The van der Waals surface area contributed by atoms with Crippen molar-refractivity contribution in [3.05, 3.63) is 46.8 Å². The summed E-state index contributed by atoms with van der Waals surface area (Å²) in [5.41, 5.74) is 9.80. The summed E-state index contributed by atoms with van der Waals surface area (Å²) in [6.45, 7) is 4.68. The summed E-state index contributed by atoms with van der Waals surface area (Å²) in [6, 6.07) is 7.53. The molecule has 0 spiro atoms. The van der Waals surface area contributed by atoms with E-state index in [2.05, 4.69) is 25.0 Å². The van der Waals surface area contributed by atoms with Crippen molar-refractivity contribution >= 4 is 11.7 Å². The van der Waals surface area contributed by atoms with Crippen molar-refractivity contribution in [3.8, 4) is 0 Å². The van der Waals surface area contributed by atoms with Gasteiger partial charge >= 0.3 is 5.97 Å². The Morgan fingerprint density at radius 2 is 2.10 bits per heavy atom. The lowest BCUT2D eigenvalue weighted by Gasteiger charge is -2.12. The van der Waals surface area contributed by atoms with Gasteiger partial charge in [-0.15, -0.1) is 0 Å². The molecule has 0 unspecified atom stereocenters. The molecule has 1 heterocycles. The Morgan fingerprint density at radius 3 is 2.71 bits per heavy atom. The molecule has 0 aliphatic rings. The highest BCUT2D eigenvalue weighted by atomic mass is 16.5. The summed E-state index contributed by atoms with van der Waals surface area (Å²) in [4.78, 5) is 11.9. The number of nitrogen functional groups attached to an aromatic ring is 1. The average molecular weight is 287 g/mol. The smallest absolute Gasteiger partial charge is 0.340 e. The lowest BCUT2D eigenvalue weighted by molar-refractivity contribution is 0.0600. The summed E-state index contributed by atoms with van der Waals surface area (Å²) >= 11 is 0. The molecule has 2 rings (SSSR count). The molecule has 5 heteroatoms. The van der Waals surface area contributed by atoms with Gasteiger partial charge in [0.25, 0.3) is 0 Å². The summed E-state index contributed by atoms with van der Waals surface area (Å²) < 4.78 is 6.76. The van der Waals surface area contributed by atoms with Gasteiger partial charge in [-0.2, -0.15) is 5.10 Å². The van der Waals surface area contributed by atoms with Crippen LogP contribution in [0.15, 0.2) is 24.3 Å². The van der Waals surface area contributed by atoms with E-state index >= 15 is 0 Å². The predicted octanol–water partition coefficient (Wildman–Crippen LogP) is 2.43. The number of hydrogen-bond donors (Lipinski definition) is 1. The number of rotatable bonds is 5. The van der Waals surface area contributed by atoms with Gasteiger partial charge < -0.3 is 10.5 Å². The highest BCUT2D eigenvalue weighted by molar-refractivity contribution is 5.96. The Morgan fingerprint density at radius 1 is 1.33 bits per heavy atom. The fourth-order valence-electron chi connectivity index (χ4n) is 2.37. The van der Waals surface area contributed by atoms with Gasteiger partial charge in [0.1, 0.15) is 0 Å². The van der Waals surface area contributed by atoms with Gasteiger partial charge in [-0.3, -0.25) is 4.68 Å². The molecule has 2 aromatic rings. The number of hydrogen-bond acceptors (Lipinski definition) is 4. The van der Waals surface area contributed by atoms with E-state index in [1.54, 1.807) is 6.07 Å². The number of ether oxygens (including phenoxy) is 1. The molecule has 0 fully saturated rings. The zero-order valence-electron chi connectivity index (χ0n) is 12.7. The molecule has 0 atom stereocenters. The Bertz CT molecular complexity index is 647. The van der Waals surface area contributed by atoms with E-state index in [1.165, 1.54) is 7.11 Å². The summed E-state index contributed by atoms with van der Waals surface area (Å²) in [7, 11) is 1.36. The highest BCUT2D eigenvalue weighted by Gasteiger charge is 2.17. The molecule has 112 valence electrons. The van der Waals surface area contributed by atoms with Crippen molar-refractivity contribution < 1.29 is 9.53 Å². The normalized spacial score (nSPS) is 10.6. The maximum Gasteiger partial charge on any atom is 0.340 e. The number of nitrogens with two attached hydrogens (primary N) is 1. The van der Waals surface area contributed by atoms with Crippen LogP contribution in [-0.4, -0.2) is 22.9 Å². The molecule has 1 aromatic carbocycles. The summed E-state index contributed by atoms with van der Waals surface area (Å²) in [6.07, 6.45) is 1.78. The first-order valence-corrected chi connectivity index (χ1v) is 7.11. The number of carbonyl (C=O) groups excluding carboxylic acids is 1. The monoisotopic (exact) mass is 287 g/mol. The third kappa shape index (κ3) is 3.07. The fourth-order valence-corrected chi connectivity index (χ4v) is 2.37. The standard InChI is InChI=1S/C16H21N3O2/c1-4-12-9-13(5-2)19(18-12)10-11-7-6-8-14(17)15(11)16(20)21-3/h6-9H,4-5,10,17H2,1-3H3. The van der Waals surface area contributed by atoms with Gasteiger partial charge in [0, 0.05) is 11.4 Å². The zero-order valence-corrected chi connectivity index (χ0v) is 12.7. The molecule has 1 aromatic heterocycles. The van der Waals surface area contributed by atoms with Crippen molar-refractivity contribution in [3.63, 3.8) is 0 Å². The third-order valence-corrected chi connectivity index (χ3v) is 3.53. The van der Waals surface area contributed by atoms with E-state index in [9.17, 15) is 4.79 Å². The zero-order chi connectivity index (χ0) is 15.4. The first-order valence-electron chi connectivity index (χ1n) is 7.11. The van der Waals surface area contributed by atoms with E-state index in [0.717, 1.165) is 29.8 Å². The number of carbonyl (C=O) groups is 1. The van der Waals surface area contributed by atoms with E-state index in [-0.39, 0.29) is 0 Å². The summed E-state index contributed by atoms with van der Waals surface area (Å²) in [5, 5.41) is 4.57. The van der Waals surface area contributed by atoms with Gasteiger partial charge in [-0.25, -0.2) is 4.79 Å². The van der Waals surface area contributed by atoms with Crippen molar-refractivity contribution in [2.24, 2.45) is 0 Å². The first-order chi connectivity index (χ1) is 10.1. The van der Waals surface area contributed by atoms with Crippen LogP contribution in [0.4, 0.5) is 5.69 Å². The number of benzene rings is 1. The van der Waals surface area contributed by atoms with Crippen molar-refractivity contribution in [2.75, 3.05) is 12.8 Å². The number of anilines is 1. The lowest BCUT2D eigenvalue weighted by Crippen LogP contribution is -2.14. The second-order valence-electron chi connectivity index (χ2n) is 4.86.